The standard InChI is InChI=1S/C19H24N4O3/c1-3-25-19(24)18-13-9-10-15-16(17(13)20-21-18)14(22-23(15)2)11-26-12-7-5-4-6-8-12/h4-8,13,17-18,20-21H,3,9-11H2,1-2H3. The number of hydrazine groups is 1. The fourth-order valence-corrected chi connectivity index (χ4v) is 4.04. The van der Waals surface area contributed by atoms with Crippen molar-refractivity contribution in [3.63, 3.8) is 0 Å². The molecule has 26 heavy (non-hydrogen) atoms. The van der Waals surface area contributed by atoms with E-state index in [9.17, 15) is 4.79 Å². The van der Waals surface area contributed by atoms with Crippen LogP contribution in [0.4, 0.5) is 0 Å². The zero-order chi connectivity index (χ0) is 18.1. The molecule has 0 spiro atoms. The Bertz CT molecular complexity index is 790. The Morgan fingerprint density at radius 1 is 1.31 bits per heavy atom. The van der Waals surface area contributed by atoms with E-state index in [-0.39, 0.29) is 24.0 Å². The largest absolute Gasteiger partial charge is 0.487 e. The molecule has 0 amide bonds. The van der Waals surface area contributed by atoms with Crippen molar-refractivity contribution in [1.29, 1.82) is 0 Å². The molecular formula is C19H24N4O3. The number of para-hydroxylation sites is 1. The summed E-state index contributed by atoms with van der Waals surface area (Å²) in [6.45, 7) is 2.63. The molecular weight excluding hydrogens is 332 g/mol. The van der Waals surface area contributed by atoms with E-state index in [1.165, 1.54) is 5.69 Å². The number of hydrogen-bond acceptors (Lipinski definition) is 6. The first kappa shape index (κ1) is 17.1. The lowest BCUT2D eigenvalue weighted by Crippen LogP contribution is -2.40. The zero-order valence-corrected chi connectivity index (χ0v) is 15.1. The van der Waals surface area contributed by atoms with E-state index in [1.54, 1.807) is 0 Å². The quantitative estimate of drug-likeness (QED) is 0.793. The van der Waals surface area contributed by atoms with Crippen molar-refractivity contribution >= 4 is 5.97 Å². The third kappa shape index (κ3) is 2.97. The van der Waals surface area contributed by atoms with Gasteiger partial charge in [-0.2, -0.15) is 5.10 Å². The van der Waals surface area contributed by atoms with Gasteiger partial charge in [-0.05, 0) is 31.9 Å². The lowest BCUT2D eigenvalue weighted by atomic mass is 9.79. The van der Waals surface area contributed by atoms with Crippen molar-refractivity contribution in [3.8, 4) is 5.75 Å². The summed E-state index contributed by atoms with van der Waals surface area (Å²) in [4.78, 5) is 12.2. The number of nitrogens with one attached hydrogen (secondary N) is 2. The molecule has 2 heterocycles. The van der Waals surface area contributed by atoms with Crippen LogP contribution in [0, 0.1) is 5.92 Å². The number of hydrogen-bond donors (Lipinski definition) is 2. The number of ether oxygens (including phenoxy) is 2. The maximum Gasteiger partial charge on any atom is 0.324 e. The fraction of sp³-hybridized carbons (Fsp3) is 0.474. The number of rotatable bonds is 5. The van der Waals surface area contributed by atoms with Gasteiger partial charge in [0.1, 0.15) is 24.1 Å². The van der Waals surface area contributed by atoms with Crippen LogP contribution < -0.4 is 15.6 Å². The minimum Gasteiger partial charge on any atom is -0.487 e. The molecule has 1 aliphatic carbocycles. The summed E-state index contributed by atoms with van der Waals surface area (Å²) >= 11 is 0. The first-order valence-corrected chi connectivity index (χ1v) is 9.09. The van der Waals surface area contributed by atoms with Crippen LogP contribution in [0.5, 0.6) is 5.75 Å². The summed E-state index contributed by atoms with van der Waals surface area (Å²) in [6.07, 6.45) is 1.81. The number of nitrogens with zero attached hydrogens (tertiary/aromatic N) is 2. The van der Waals surface area contributed by atoms with Crippen molar-refractivity contribution in [1.82, 2.24) is 20.6 Å². The van der Waals surface area contributed by atoms with E-state index >= 15 is 0 Å². The maximum atomic E-state index is 12.2. The average molecular weight is 356 g/mol. The monoisotopic (exact) mass is 356 g/mol. The van der Waals surface area contributed by atoms with Gasteiger partial charge in [-0.25, -0.2) is 10.9 Å². The molecule has 4 rings (SSSR count). The number of carbonyl (C=O) groups excluding carboxylic acids is 1. The molecule has 7 nitrogen and oxygen atoms in total. The van der Waals surface area contributed by atoms with E-state index in [0.717, 1.165) is 29.8 Å². The summed E-state index contributed by atoms with van der Waals surface area (Å²) in [5, 5.41) is 4.68. The highest BCUT2D eigenvalue weighted by atomic mass is 16.5. The molecule has 138 valence electrons. The Kier molecular flexibility index (Phi) is 4.65. The molecule has 1 saturated heterocycles. The Morgan fingerprint density at radius 2 is 2.12 bits per heavy atom. The van der Waals surface area contributed by atoms with Crippen LogP contribution in [0.15, 0.2) is 30.3 Å². The van der Waals surface area contributed by atoms with Gasteiger partial charge in [0.25, 0.3) is 0 Å². The van der Waals surface area contributed by atoms with E-state index in [2.05, 4.69) is 16.0 Å². The van der Waals surface area contributed by atoms with Gasteiger partial charge in [0.2, 0.25) is 0 Å². The predicted octanol–water partition coefficient (Wildman–Crippen LogP) is 1.64. The third-order valence-electron chi connectivity index (χ3n) is 5.22. The summed E-state index contributed by atoms with van der Waals surface area (Å²) in [7, 11) is 1.97. The second kappa shape index (κ2) is 7.09. The van der Waals surface area contributed by atoms with Gasteiger partial charge >= 0.3 is 5.97 Å². The average Bonchev–Trinajstić information content (AvgIpc) is 3.22. The van der Waals surface area contributed by atoms with Crippen molar-refractivity contribution in [2.75, 3.05) is 6.61 Å². The minimum atomic E-state index is -0.323. The molecule has 7 heteroatoms. The Labute approximate surface area is 152 Å². The second-order valence-electron chi connectivity index (χ2n) is 6.73. The molecule has 1 fully saturated rings. The normalized spacial score (nSPS) is 24.0. The van der Waals surface area contributed by atoms with Gasteiger partial charge in [-0.15, -0.1) is 0 Å². The summed E-state index contributed by atoms with van der Waals surface area (Å²) in [6, 6.07) is 9.45. The first-order valence-electron chi connectivity index (χ1n) is 9.09. The van der Waals surface area contributed by atoms with Gasteiger partial charge in [0.05, 0.1) is 12.6 Å². The molecule has 0 radical (unpaired) electrons. The minimum absolute atomic E-state index is 0.0382. The SMILES string of the molecule is CCOC(=O)C1NNC2c3c(COc4ccccc4)nn(C)c3CCC12. The highest BCUT2D eigenvalue weighted by Gasteiger charge is 2.46. The van der Waals surface area contributed by atoms with Crippen LogP contribution in [-0.4, -0.2) is 28.4 Å². The van der Waals surface area contributed by atoms with Crippen molar-refractivity contribution < 1.29 is 14.3 Å². The molecule has 0 bridgehead atoms. The lowest BCUT2D eigenvalue weighted by Gasteiger charge is -2.27. The predicted molar refractivity (Wildman–Crippen MR) is 95.2 cm³/mol. The van der Waals surface area contributed by atoms with Gasteiger partial charge < -0.3 is 9.47 Å². The number of esters is 1. The van der Waals surface area contributed by atoms with Crippen molar-refractivity contribution in [3.05, 3.63) is 47.3 Å². The van der Waals surface area contributed by atoms with Gasteiger partial charge in [-0.3, -0.25) is 9.48 Å². The Balaban J connectivity index is 1.57. The molecule has 1 aliphatic heterocycles. The van der Waals surface area contributed by atoms with Crippen LogP contribution in [0.25, 0.3) is 0 Å². The number of fused-ring (bicyclic) bond motifs is 3. The van der Waals surface area contributed by atoms with E-state index in [0.29, 0.717) is 13.2 Å². The number of benzene rings is 1. The van der Waals surface area contributed by atoms with Crippen LogP contribution >= 0.6 is 0 Å². The summed E-state index contributed by atoms with van der Waals surface area (Å²) in [5.74, 6) is 0.782. The van der Waals surface area contributed by atoms with Crippen molar-refractivity contribution in [2.45, 2.75) is 38.5 Å². The molecule has 1 aromatic heterocycles. The maximum absolute atomic E-state index is 12.2. The van der Waals surface area contributed by atoms with Crippen LogP contribution in [0.1, 0.15) is 36.3 Å². The number of aryl methyl sites for hydroxylation is 1. The Hall–Kier alpha value is -2.38. The zero-order valence-electron chi connectivity index (χ0n) is 15.1. The van der Waals surface area contributed by atoms with Gasteiger partial charge in [0, 0.05) is 24.2 Å². The van der Waals surface area contributed by atoms with E-state index in [1.807, 2.05) is 49.0 Å². The highest BCUT2D eigenvalue weighted by Crippen LogP contribution is 2.41. The molecule has 2 N–H and O–H groups in total. The molecule has 3 unspecified atom stereocenters. The van der Waals surface area contributed by atoms with Gasteiger partial charge in [-0.1, -0.05) is 18.2 Å². The second-order valence-corrected chi connectivity index (χ2v) is 6.73. The molecule has 0 saturated carbocycles. The number of carbonyl (C=O) groups is 1. The van der Waals surface area contributed by atoms with E-state index < -0.39 is 0 Å². The number of aromatic nitrogens is 2. The smallest absolute Gasteiger partial charge is 0.324 e. The molecule has 2 aliphatic rings. The molecule has 3 atom stereocenters. The van der Waals surface area contributed by atoms with Gasteiger partial charge in [0.15, 0.2) is 0 Å². The highest BCUT2D eigenvalue weighted by molar-refractivity contribution is 5.77. The topological polar surface area (TPSA) is 77.4 Å². The summed E-state index contributed by atoms with van der Waals surface area (Å²) in [5.41, 5.74) is 9.70. The fourth-order valence-electron chi connectivity index (χ4n) is 4.04. The molecule has 2 aromatic rings. The van der Waals surface area contributed by atoms with Crippen LogP contribution in [0.3, 0.4) is 0 Å². The lowest BCUT2D eigenvalue weighted by molar-refractivity contribution is -0.146. The summed E-state index contributed by atoms with van der Waals surface area (Å²) < 4.78 is 13.1. The van der Waals surface area contributed by atoms with Crippen LogP contribution in [-0.2, 0) is 29.6 Å². The third-order valence-corrected chi connectivity index (χ3v) is 5.22. The van der Waals surface area contributed by atoms with E-state index in [4.69, 9.17) is 9.47 Å². The van der Waals surface area contributed by atoms with Crippen LogP contribution in [0.2, 0.25) is 0 Å². The molecule has 1 aromatic carbocycles. The van der Waals surface area contributed by atoms with Crippen molar-refractivity contribution in [2.24, 2.45) is 13.0 Å². The Morgan fingerprint density at radius 3 is 2.88 bits per heavy atom. The first-order chi connectivity index (χ1) is 12.7.